The second-order valence-corrected chi connectivity index (χ2v) is 8.43. The zero-order valence-electron chi connectivity index (χ0n) is 16.3. The van der Waals surface area contributed by atoms with Gasteiger partial charge in [-0.3, -0.25) is 9.69 Å². The molecular weight excluding hydrogens is 328 g/mol. The van der Waals surface area contributed by atoms with Crippen LogP contribution in [0.1, 0.15) is 77.6 Å². The van der Waals surface area contributed by atoms with E-state index in [1.165, 1.54) is 32.1 Å². The third-order valence-corrected chi connectivity index (χ3v) is 6.43. The topological polar surface area (TPSA) is 73.5 Å². The Hall–Kier alpha value is -1.30. The molecule has 3 N–H and O–H groups in total. The fourth-order valence-electron chi connectivity index (χ4n) is 4.65. The van der Waals surface area contributed by atoms with Gasteiger partial charge in [-0.25, -0.2) is 4.79 Å². The molecule has 3 fully saturated rings. The van der Waals surface area contributed by atoms with Crippen LogP contribution in [0.2, 0.25) is 0 Å². The van der Waals surface area contributed by atoms with E-state index in [1.54, 1.807) is 0 Å². The average Bonchev–Trinajstić information content (AvgIpc) is 3.15. The molecule has 6 heteroatoms. The lowest BCUT2D eigenvalue weighted by Gasteiger charge is -2.36. The molecule has 3 amide bonds. The second-order valence-electron chi connectivity index (χ2n) is 8.43. The molecule has 2 saturated carbocycles. The van der Waals surface area contributed by atoms with Gasteiger partial charge >= 0.3 is 6.03 Å². The van der Waals surface area contributed by atoms with Crippen LogP contribution in [0.5, 0.6) is 0 Å². The summed E-state index contributed by atoms with van der Waals surface area (Å²) in [6, 6.07) is 0.866. The number of hydrogen-bond donors (Lipinski definition) is 3. The molecule has 0 radical (unpaired) electrons. The van der Waals surface area contributed by atoms with Crippen molar-refractivity contribution in [2.75, 3.05) is 13.1 Å². The van der Waals surface area contributed by atoms with Gasteiger partial charge in [0.2, 0.25) is 5.91 Å². The van der Waals surface area contributed by atoms with Crippen molar-refractivity contribution in [1.82, 2.24) is 20.9 Å². The average molecular weight is 365 g/mol. The van der Waals surface area contributed by atoms with Crippen molar-refractivity contribution in [3.8, 4) is 0 Å². The third-order valence-electron chi connectivity index (χ3n) is 6.43. The van der Waals surface area contributed by atoms with Gasteiger partial charge in [0.1, 0.15) is 0 Å². The highest BCUT2D eigenvalue weighted by Gasteiger charge is 2.29. The molecule has 3 aliphatic rings. The van der Waals surface area contributed by atoms with E-state index in [2.05, 4.69) is 20.9 Å². The number of piperidine rings is 1. The Labute approximate surface area is 157 Å². The predicted molar refractivity (Wildman–Crippen MR) is 103 cm³/mol. The first-order valence-electron chi connectivity index (χ1n) is 10.7. The van der Waals surface area contributed by atoms with Crippen LogP contribution in [0, 0.1) is 0 Å². The first kappa shape index (κ1) is 19.5. The van der Waals surface area contributed by atoms with Gasteiger partial charge in [0.25, 0.3) is 0 Å². The van der Waals surface area contributed by atoms with Gasteiger partial charge in [-0.15, -0.1) is 0 Å². The number of likely N-dealkylation sites (tertiary alicyclic amines) is 1. The van der Waals surface area contributed by atoms with E-state index in [0.717, 1.165) is 51.6 Å². The van der Waals surface area contributed by atoms with Crippen molar-refractivity contribution in [1.29, 1.82) is 0 Å². The molecule has 6 nitrogen and oxygen atoms in total. The Balaban J connectivity index is 1.35. The molecule has 0 aromatic rings. The molecule has 0 spiro atoms. The number of rotatable bonds is 5. The van der Waals surface area contributed by atoms with Crippen LogP contribution < -0.4 is 16.0 Å². The van der Waals surface area contributed by atoms with Crippen molar-refractivity contribution < 1.29 is 9.59 Å². The second kappa shape index (κ2) is 9.58. The van der Waals surface area contributed by atoms with Gasteiger partial charge in [-0.2, -0.15) is 0 Å². The number of carbonyl (C=O) groups excluding carboxylic acids is 2. The van der Waals surface area contributed by atoms with Gasteiger partial charge in [0, 0.05) is 31.2 Å². The summed E-state index contributed by atoms with van der Waals surface area (Å²) >= 11 is 0. The molecule has 1 saturated heterocycles. The van der Waals surface area contributed by atoms with Crippen molar-refractivity contribution in [2.45, 2.75) is 102 Å². The largest absolute Gasteiger partial charge is 0.352 e. The van der Waals surface area contributed by atoms with Crippen molar-refractivity contribution >= 4 is 11.9 Å². The zero-order valence-corrected chi connectivity index (χ0v) is 16.3. The number of hydrogen-bond acceptors (Lipinski definition) is 3. The highest BCUT2D eigenvalue weighted by Crippen LogP contribution is 2.19. The summed E-state index contributed by atoms with van der Waals surface area (Å²) in [6.07, 6.45) is 12.5. The summed E-state index contributed by atoms with van der Waals surface area (Å²) in [6.45, 7) is 3.75. The lowest BCUT2D eigenvalue weighted by atomic mass is 9.96. The molecule has 1 heterocycles. The normalized spacial score (nSPS) is 25.0. The third kappa shape index (κ3) is 5.60. The van der Waals surface area contributed by atoms with Crippen LogP contribution in [-0.4, -0.2) is 54.1 Å². The van der Waals surface area contributed by atoms with Gasteiger partial charge in [-0.1, -0.05) is 32.1 Å². The smallest absolute Gasteiger partial charge is 0.315 e. The van der Waals surface area contributed by atoms with E-state index in [0.29, 0.717) is 12.1 Å². The Bertz CT molecular complexity index is 464. The van der Waals surface area contributed by atoms with Gasteiger partial charge in [-0.05, 0) is 45.4 Å². The Morgan fingerprint density at radius 3 is 1.77 bits per heavy atom. The fraction of sp³-hybridized carbons (Fsp3) is 0.900. The van der Waals surface area contributed by atoms with Gasteiger partial charge in [0.05, 0.1) is 6.04 Å². The minimum Gasteiger partial charge on any atom is -0.352 e. The molecule has 1 aliphatic heterocycles. The van der Waals surface area contributed by atoms with Crippen LogP contribution in [0.3, 0.4) is 0 Å². The quantitative estimate of drug-likeness (QED) is 0.702. The Morgan fingerprint density at radius 1 is 0.731 bits per heavy atom. The summed E-state index contributed by atoms with van der Waals surface area (Å²) in [7, 11) is 0. The molecule has 26 heavy (non-hydrogen) atoms. The first-order chi connectivity index (χ1) is 12.6. The predicted octanol–water partition coefficient (Wildman–Crippen LogP) is 2.53. The SMILES string of the molecule is CC(C(=O)NC1CCCC1)N1CCC(NC(=O)NC2CCCCC2)CC1. The van der Waals surface area contributed by atoms with Crippen LogP contribution >= 0.6 is 0 Å². The van der Waals surface area contributed by atoms with Gasteiger partial charge in [0.15, 0.2) is 0 Å². The van der Waals surface area contributed by atoms with Crippen LogP contribution in [0.25, 0.3) is 0 Å². The molecule has 0 bridgehead atoms. The molecule has 0 aromatic heterocycles. The molecule has 2 aliphatic carbocycles. The number of carbonyl (C=O) groups is 2. The van der Waals surface area contributed by atoms with Crippen molar-refractivity contribution in [3.63, 3.8) is 0 Å². The Kier molecular flexibility index (Phi) is 7.17. The van der Waals surface area contributed by atoms with E-state index < -0.39 is 0 Å². The minimum atomic E-state index is -0.0763. The molecule has 148 valence electrons. The monoisotopic (exact) mass is 364 g/mol. The maximum Gasteiger partial charge on any atom is 0.315 e. The highest BCUT2D eigenvalue weighted by molar-refractivity contribution is 5.81. The molecule has 1 unspecified atom stereocenters. The van der Waals surface area contributed by atoms with Gasteiger partial charge < -0.3 is 16.0 Å². The zero-order chi connectivity index (χ0) is 18.4. The first-order valence-corrected chi connectivity index (χ1v) is 10.7. The van der Waals surface area contributed by atoms with Crippen LogP contribution in [-0.2, 0) is 4.79 Å². The molecule has 1 atom stereocenters. The minimum absolute atomic E-state index is 0.0117. The number of urea groups is 1. The standard InChI is InChI=1S/C20H36N4O2/c1-15(19(25)21-16-9-5-6-10-16)24-13-11-18(12-14-24)23-20(26)22-17-7-3-2-4-8-17/h15-18H,2-14H2,1H3,(H,21,25)(H2,22,23,26). The lowest BCUT2D eigenvalue weighted by molar-refractivity contribution is -0.127. The maximum atomic E-state index is 12.4. The number of nitrogens with one attached hydrogen (secondary N) is 3. The Morgan fingerprint density at radius 2 is 1.19 bits per heavy atom. The van der Waals surface area contributed by atoms with Crippen LogP contribution in [0.15, 0.2) is 0 Å². The molecular formula is C20H36N4O2. The summed E-state index contributed by atoms with van der Waals surface area (Å²) in [5.41, 5.74) is 0. The number of nitrogens with zero attached hydrogens (tertiary/aromatic N) is 1. The lowest BCUT2D eigenvalue weighted by Crippen LogP contribution is -2.54. The summed E-state index contributed by atoms with van der Waals surface area (Å²) in [5.74, 6) is 0.165. The van der Waals surface area contributed by atoms with E-state index in [-0.39, 0.29) is 24.0 Å². The van der Waals surface area contributed by atoms with Crippen molar-refractivity contribution in [2.24, 2.45) is 0 Å². The summed E-state index contributed by atoms with van der Waals surface area (Å²) in [4.78, 5) is 26.9. The van der Waals surface area contributed by atoms with E-state index in [4.69, 9.17) is 0 Å². The number of amides is 3. The molecule has 3 rings (SSSR count). The summed E-state index contributed by atoms with van der Waals surface area (Å²) < 4.78 is 0. The highest BCUT2D eigenvalue weighted by atomic mass is 16.2. The van der Waals surface area contributed by atoms with E-state index >= 15 is 0 Å². The fourth-order valence-corrected chi connectivity index (χ4v) is 4.65. The molecule has 0 aromatic carbocycles. The van der Waals surface area contributed by atoms with E-state index in [9.17, 15) is 9.59 Å². The van der Waals surface area contributed by atoms with Crippen LogP contribution in [0.4, 0.5) is 4.79 Å². The van der Waals surface area contributed by atoms with Crippen molar-refractivity contribution in [3.05, 3.63) is 0 Å². The van der Waals surface area contributed by atoms with E-state index in [1.807, 2.05) is 6.92 Å². The summed E-state index contributed by atoms with van der Waals surface area (Å²) in [5, 5.41) is 9.47. The maximum absolute atomic E-state index is 12.4.